The van der Waals surface area contributed by atoms with Gasteiger partial charge < -0.3 is 5.32 Å². The third kappa shape index (κ3) is 3.04. The van der Waals surface area contributed by atoms with Crippen LogP contribution in [0.15, 0.2) is 0 Å². The first kappa shape index (κ1) is 14.2. The van der Waals surface area contributed by atoms with E-state index < -0.39 is 0 Å². The number of aromatic nitrogens is 3. The van der Waals surface area contributed by atoms with Gasteiger partial charge in [0, 0.05) is 10.6 Å². The Hall–Kier alpha value is -1.20. The molecule has 0 aliphatic heterocycles. The average molecular weight is 278 g/mol. The zero-order chi connectivity index (χ0) is 14.0. The maximum absolute atomic E-state index is 4.65. The standard InChI is InChI=1S/C14H22N4S/c1-9-12(4)19-14(16-9)8-18-11(3)13(6-7-15-5)10(2)17-18/h15H,6-8H2,1-5H3. The van der Waals surface area contributed by atoms with Crippen molar-refractivity contribution in [2.24, 2.45) is 0 Å². The lowest BCUT2D eigenvalue weighted by atomic mass is 10.1. The van der Waals surface area contributed by atoms with E-state index in [1.54, 1.807) is 11.3 Å². The van der Waals surface area contributed by atoms with Gasteiger partial charge in [-0.25, -0.2) is 4.98 Å². The van der Waals surface area contributed by atoms with Gasteiger partial charge >= 0.3 is 0 Å². The molecule has 1 N–H and O–H groups in total. The molecule has 2 aromatic heterocycles. The third-order valence-corrected chi connectivity index (χ3v) is 4.57. The van der Waals surface area contributed by atoms with Crippen molar-refractivity contribution < 1.29 is 0 Å². The smallest absolute Gasteiger partial charge is 0.115 e. The van der Waals surface area contributed by atoms with Crippen molar-refractivity contribution in [1.29, 1.82) is 0 Å². The normalized spacial score (nSPS) is 11.2. The molecule has 0 unspecified atom stereocenters. The van der Waals surface area contributed by atoms with Crippen LogP contribution in [-0.4, -0.2) is 28.4 Å². The quantitative estimate of drug-likeness (QED) is 0.913. The van der Waals surface area contributed by atoms with Crippen LogP contribution in [0.5, 0.6) is 0 Å². The second kappa shape index (κ2) is 5.84. The molecule has 0 amide bonds. The minimum Gasteiger partial charge on any atom is -0.319 e. The Balaban J connectivity index is 2.21. The van der Waals surface area contributed by atoms with Crippen molar-refractivity contribution in [2.75, 3.05) is 13.6 Å². The largest absolute Gasteiger partial charge is 0.319 e. The summed E-state index contributed by atoms with van der Waals surface area (Å²) < 4.78 is 2.08. The first-order valence-corrected chi connectivity index (χ1v) is 7.45. The summed E-state index contributed by atoms with van der Waals surface area (Å²) in [6, 6.07) is 0. The number of thiazole rings is 1. The van der Waals surface area contributed by atoms with E-state index in [0.29, 0.717) is 0 Å². The number of rotatable bonds is 5. The molecular formula is C14H22N4S. The molecule has 0 aliphatic rings. The summed E-state index contributed by atoms with van der Waals surface area (Å²) in [7, 11) is 1.98. The van der Waals surface area contributed by atoms with Gasteiger partial charge in [-0.05, 0) is 53.3 Å². The highest BCUT2D eigenvalue weighted by Crippen LogP contribution is 2.20. The van der Waals surface area contributed by atoms with Gasteiger partial charge in [-0.2, -0.15) is 5.10 Å². The van der Waals surface area contributed by atoms with Crippen LogP contribution < -0.4 is 5.32 Å². The number of nitrogens with zero attached hydrogens (tertiary/aromatic N) is 3. The minimum atomic E-state index is 0.783. The van der Waals surface area contributed by atoms with Gasteiger partial charge in [-0.15, -0.1) is 11.3 Å². The monoisotopic (exact) mass is 278 g/mol. The SMILES string of the molecule is CNCCc1c(C)nn(Cc2nc(C)c(C)s2)c1C. The summed E-state index contributed by atoms with van der Waals surface area (Å²) in [5.41, 5.74) is 4.90. The van der Waals surface area contributed by atoms with Gasteiger partial charge in [0.15, 0.2) is 0 Å². The van der Waals surface area contributed by atoms with E-state index in [0.717, 1.165) is 35.9 Å². The molecule has 0 saturated carbocycles. The maximum atomic E-state index is 4.65. The lowest BCUT2D eigenvalue weighted by Gasteiger charge is -2.03. The number of hydrogen-bond donors (Lipinski definition) is 1. The second-order valence-electron chi connectivity index (χ2n) is 4.91. The van der Waals surface area contributed by atoms with Crippen molar-refractivity contribution in [2.45, 2.75) is 40.7 Å². The molecular weight excluding hydrogens is 256 g/mol. The van der Waals surface area contributed by atoms with Crippen molar-refractivity contribution in [3.05, 3.63) is 32.5 Å². The lowest BCUT2D eigenvalue weighted by Crippen LogP contribution is -2.11. The summed E-state index contributed by atoms with van der Waals surface area (Å²) in [4.78, 5) is 5.89. The lowest BCUT2D eigenvalue weighted by molar-refractivity contribution is 0.653. The molecule has 5 heteroatoms. The Morgan fingerprint density at radius 2 is 1.89 bits per heavy atom. The zero-order valence-corrected chi connectivity index (χ0v) is 13.2. The van der Waals surface area contributed by atoms with Gasteiger partial charge in [0.25, 0.3) is 0 Å². The van der Waals surface area contributed by atoms with Gasteiger partial charge in [0.1, 0.15) is 5.01 Å². The summed E-state index contributed by atoms with van der Waals surface area (Å²) in [5.74, 6) is 0. The van der Waals surface area contributed by atoms with Gasteiger partial charge in [-0.1, -0.05) is 0 Å². The Morgan fingerprint density at radius 3 is 2.47 bits per heavy atom. The van der Waals surface area contributed by atoms with Crippen LogP contribution >= 0.6 is 11.3 Å². The predicted octanol–water partition coefficient (Wildman–Crippen LogP) is 2.38. The fourth-order valence-corrected chi connectivity index (χ4v) is 3.15. The Bertz CT molecular complexity index is 549. The number of hydrogen-bond acceptors (Lipinski definition) is 4. The summed E-state index contributed by atoms with van der Waals surface area (Å²) >= 11 is 1.77. The summed E-state index contributed by atoms with van der Waals surface area (Å²) in [6.45, 7) is 10.2. The molecule has 0 bridgehead atoms. The van der Waals surface area contributed by atoms with Crippen LogP contribution in [0.4, 0.5) is 0 Å². The highest BCUT2D eigenvalue weighted by atomic mass is 32.1. The highest BCUT2D eigenvalue weighted by Gasteiger charge is 2.13. The van der Waals surface area contributed by atoms with Crippen molar-refractivity contribution in [1.82, 2.24) is 20.1 Å². The molecule has 0 spiro atoms. The minimum absolute atomic E-state index is 0.783. The van der Waals surface area contributed by atoms with Crippen LogP contribution in [0.2, 0.25) is 0 Å². The molecule has 0 atom stereocenters. The van der Waals surface area contributed by atoms with E-state index in [1.807, 2.05) is 7.05 Å². The van der Waals surface area contributed by atoms with E-state index in [-0.39, 0.29) is 0 Å². The Kier molecular flexibility index (Phi) is 4.37. The Morgan fingerprint density at radius 1 is 1.16 bits per heavy atom. The van der Waals surface area contributed by atoms with Crippen molar-refractivity contribution in [3.8, 4) is 0 Å². The number of likely N-dealkylation sites (N-methyl/N-ethyl adjacent to an activating group) is 1. The van der Waals surface area contributed by atoms with Gasteiger partial charge in [0.2, 0.25) is 0 Å². The summed E-state index contributed by atoms with van der Waals surface area (Å²) in [6.07, 6.45) is 1.03. The van der Waals surface area contributed by atoms with Gasteiger partial charge in [0.05, 0.1) is 17.9 Å². The fourth-order valence-electron chi connectivity index (χ4n) is 2.23. The molecule has 19 heavy (non-hydrogen) atoms. The third-order valence-electron chi connectivity index (χ3n) is 3.51. The molecule has 0 radical (unpaired) electrons. The number of nitrogens with one attached hydrogen (secondary N) is 1. The first-order valence-electron chi connectivity index (χ1n) is 6.63. The van der Waals surface area contributed by atoms with E-state index in [1.165, 1.54) is 16.1 Å². The molecule has 0 fully saturated rings. The van der Waals surface area contributed by atoms with Crippen molar-refractivity contribution in [3.63, 3.8) is 0 Å². The van der Waals surface area contributed by atoms with E-state index >= 15 is 0 Å². The second-order valence-corrected chi connectivity index (χ2v) is 6.20. The van der Waals surface area contributed by atoms with E-state index in [2.05, 4.69) is 47.8 Å². The van der Waals surface area contributed by atoms with Crippen molar-refractivity contribution >= 4 is 11.3 Å². The van der Waals surface area contributed by atoms with Gasteiger partial charge in [-0.3, -0.25) is 4.68 Å². The molecule has 4 nitrogen and oxygen atoms in total. The average Bonchev–Trinajstić information content (AvgIpc) is 2.80. The first-order chi connectivity index (χ1) is 9.02. The maximum Gasteiger partial charge on any atom is 0.115 e. The zero-order valence-electron chi connectivity index (χ0n) is 12.4. The Labute approximate surface area is 118 Å². The molecule has 2 rings (SSSR count). The topological polar surface area (TPSA) is 42.7 Å². The molecule has 104 valence electrons. The van der Waals surface area contributed by atoms with Crippen LogP contribution in [0.1, 0.15) is 32.5 Å². The molecule has 2 heterocycles. The van der Waals surface area contributed by atoms with E-state index in [4.69, 9.17) is 0 Å². The fraction of sp³-hybridized carbons (Fsp3) is 0.571. The predicted molar refractivity (Wildman–Crippen MR) is 80.0 cm³/mol. The number of aryl methyl sites for hydroxylation is 3. The summed E-state index contributed by atoms with van der Waals surface area (Å²) in [5, 5.41) is 8.99. The molecule has 0 aromatic carbocycles. The molecule has 0 saturated heterocycles. The molecule has 0 aliphatic carbocycles. The van der Waals surface area contributed by atoms with E-state index in [9.17, 15) is 0 Å². The highest BCUT2D eigenvalue weighted by molar-refractivity contribution is 7.11. The van der Waals surface area contributed by atoms with Crippen LogP contribution in [0.3, 0.4) is 0 Å². The molecule has 2 aromatic rings. The van der Waals surface area contributed by atoms with Crippen LogP contribution in [0, 0.1) is 27.7 Å². The van der Waals surface area contributed by atoms with Crippen LogP contribution in [-0.2, 0) is 13.0 Å². The van der Waals surface area contributed by atoms with Crippen LogP contribution in [0.25, 0.3) is 0 Å².